The van der Waals surface area contributed by atoms with Gasteiger partial charge in [-0.1, -0.05) is 6.92 Å². The number of benzene rings is 2. The molecule has 1 fully saturated rings. The van der Waals surface area contributed by atoms with Crippen molar-refractivity contribution in [3.8, 4) is 23.1 Å². The molecule has 0 unspecified atom stereocenters. The van der Waals surface area contributed by atoms with Crippen LogP contribution in [0.4, 0.5) is 13.6 Å². The van der Waals surface area contributed by atoms with E-state index in [0.29, 0.717) is 48.8 Å². The second-order valence-electron chi connectivity index (χ2n) is 8.72. The predicted molar refractivity (Wildman–Crippen MR) is 134 cm³/mol. The summed E-state index contributed by atoms with van der Waals surface area (Å²) in [6.07, 6.45) is 2.29. The predicted octanol–water partition coefficient (Wildman–Crippen LogP) is 5.22. The molecule has 1 aromatic heterocycles. The number of aromatic nitrogens is 2. The zero-order valence-electron chi connectivity index (χ0n) is 21.3. The van der Waals surface area contributed by atoms with Gasteiger partial charge in [0.25, 0.3) is 0 Å². The van der Waals surface area contributed by atoms with Crippen molar-refractivity contribution in [3.63, 3.8) is 0 Å². The van der Waals surface area contributed by atoms with Crippen LogP contribution in [0.3, 0.4) is 0 Å². The highest BCUT2D eigenvalue weighted by atomic mass is 19.1. The molecule has 1 saturated heterocycles. The van der Waals surface area contributed by atoms with E-state index >= 15 is 0 Å². The number of hydrogen-bond acceptors (Lipinski definition) is 5. The van der Waals surface area contributed by atoms with Gasteiger partial charge in [-0.05, 0) is 62.6 Å². The van der Waals surface area contributed by atoms with Gasteiger partial charge in [-0.2, -0.15) is 5.10 Å². The Morgan fingerprint density at radius 1 is 1.22 bits per heavy atom. The number of amides is 2. The van der Waals surface area contributed by atoms with E-state index in [9.17, 15) is 13.6 Å². The van der Waals surface area contributed by atoms with E-state index in [4.69, 9.17) is 19.3 Å². The first-order valence-corrected chi connectivity index (χ1v) is 12.5. The van der Waals surface area contributed by atoms with Crippen LogP contribution in [-0.4, -0.2) is 53.6 Å². The standard InChI is InChI=1S/C27H32F2N4O4/c1-4-24-22(17-32(27(34)30-5-2)16-21-7-6-14-36-21)26(37-25-13-8-18(28)15-23(25)29)33(31-24)19-9-11-20(35-3)12-10-19/h8-13,15,21H,4-7,14,16-17H2,1-3H3,(H,30,34)/t21-/m1/s1. The summed E-state index contributed by atoms with van der Waals surface area (Å²) in [4.78, 5) is 14.7. The van der Waals surface area contributed by atoms with Gasteiger partial charge < -0.3 is 24.4 Å². The van der Waals surface area contributed by atoms with Crippen molar-refractivity contribution in [2.24, 2.45) is 0 Å². The molecule has 0 radical (unpaired) electrons. The lowest BCUT2D eigenvalue weighted by atomic mass is 10.1. The van der Waals surface area contributed by atoms with E-state index in [0.717, 1.165) is 25.0 Å². The number of carbonyl (C=O) groups excluding carboxylic acids is 1. The molecule has 1 N–H and O–H groups in total. The lowest BCUT2D eigenvalue weighted by Gasteiger charge is -2.26. The Morgan fingerprint density at radius 3 is 2.62 bits per heavy atom. The molecule has 1 aliphatic rings. The molecule has 4 rings (SSSR count). The van der Waals surface area contributed by atoms with Gasteiger partial charge in [0.1, 0.15) is 11.6 Å². The highest BCUT2D eigenvalue weighted by Gasteiger charge is 2.28. The van der Waals surface area contributed by atoms with Gasteiger partial charge in [-0.15, -0.1) is 0 Å². The summed E-state index contributed by atoms with van der Waals surface area (Å²) in [7, 11) is 1.58. The molecule has 0 aliphatic carbocycles. The third kappa shape index (κ3) is 6.19. The molecular weight excluding hydrogens is 482 g/mol. The van der Waals surface area contributed by atoms with E-state index in [1.807, 2.05) is 13.8 Å². The van der Waals surface area contributed by atoms with Crippen molar-refractivity contribution in [2.45, 2.75) is 45.8 Å². The summed E-state index contributed by atoms with van der Waals surface area (Å²) in [5.74, 6) is -0.788. The Morgan fingerprint density at radius 2 is 2.00 bits per heavy atom. The van der Waals surface area contributed by atoms with Gasteiger partial charge in [-0.3, -0.25) is 0 Å². The van der Waals surface area contributed by atoms with Crippen LogP contribution in [0.5, 0.6) is 17.4 Å². The number of nitrogens with one attached hydrogen (secondary N) is 1. The smallest absolute Gasteiger partial charge is 0.317 e. The molecule has 10 heteroatoms. The molecule has 2 aromatic carbocycles. The van der Waals surface area contributed by atoms with Gasteiger partial charge in [0.2, 0.25) is 5.88 Å². The van der Waals surface area contributed by atoms with Crippen LogP contribution < -0.4 is 14.8 Å². The Hall–Kier alpha value is -3.66. The molecule has 8 nitrogen and oxygen atoms in total. The van der Waals surface area contributed by atoms with Crippen LogP contribution in [0.1, 0.15) is 37.9 Å². The van der Waals surface area contributed by atoms with Crippen molar-refractivity contribution in [3.05, 3.63) is 65.4 Å². The minimum atomic E-state index is -0.841. The van der Waals surface area contributed by atoms with E-state index in [1.165, 1.54) is 6.07 Å². The Labute approximate surface area is 215 Å². The van der Waals surface area contributed by atoms with E-state index in [1.54, 1.807) is 41.0 Å². The normalized spacial score (nSPS) is 15.0. The molecule has 1 atom stereocenters. The van der Waals surface area contributed by atoms with Gasteiger partial charge >= 0.3 is 6.03 Å². The molecule has 0 spiro atoms. The number of nitrogens with zero attached hydrogens (tertiary/aromatic N) is 3. The first-order valence-electron chi connectivity index (χ1n) is 12.5. The van der Waals surface area contributed by atoms with Crippen molar-refractivity contribution < 1.29 is 27.8 Å². The van der Waals surface area contributed by atoms with Crippen molar-refractivity contribution in [1.29, 1.82) is 0 Å². The van der Waals surface area contributed by atoms with E-state index in [2.05, 4.69) is 5.32 Å². The van der Waals surface area contributed by atoms with Gasteiger partial charge in [0, 0.05) is 25.8 Å². The van der Waals surface area contributed by atoms with Crippen LogP contribution in [-0.2, 0) is 17.7 Å². The fourth-order valence-corrected chi connectivity index (χ4v) is 4.29. The maximum atomic E-state index is 14.6. The van der Waals surface area contributed by atoms with Crippen molar-refractivity contribution >= 4 is 6.03 Å². The van der Waals surface area contributed by atoms with E-state index < -0.39 is 11.6 Å². The minimum absolute atomic E-state index is 0.0665. The summed E-state index contributed by atoms with van der Waals surface area (Å²) in [6.45, 7) is 5.50. The maximum absolute atomic E-state index is 14.6. The number of halogens is 2. The van der Waals surface area contributed by atoms with Crippen molar-refractivity contribution in [2.75, 3.05) is 26.8 Å². The number of aryl methyl sites for hydroxylation is 1. The largest absolute Gasteiger partial charge is 0.497 e. The first kappa shape index (κ1) is 26.4. The second kappa shape index (κ2) is 12.1. The summed E-state index contributed by atoms with van der Waals surface area (Å²) in [5, 5.41) is 7.61. The summed E-state index contributed by atoms with van der Waals surface area (Å²) in [6, 6.07) is 10.1. The van der Waals surface area contributed by atoms with Crippen LogP contribution >= 0.6 is 0 Å². The van der Waals surface area contributed by atoms with Crippen LogP contribution in [0.2, 0.25) is 0 Å². The van der Waals surface area contributed by atoms with Crippen LogP contribution in [0.15, 0.2) is 42.5 Å². The zero-order valence-corrected chi connectivity index (χ0v) is 21.3. The molecular formula is C27H32F2N4O4. The molecule has 1 aliphatic heterocycles. The lowest BCUT2D eigenvalue weighted by molar-refractivity contribution is 0.0793. The van der Waals surface area contributed by atoms with Gasteiger partial charge in [-0.25, -0.2) is 18.3 Å². The number of carbonyl (C=O) groups is 1. The SMILES string of the molecule is CCNC(=O)N(Cc1c(CC)nn(-c2ccc(OC)cc2)c1Oc1ccc(F)cc1F)C[C@H]1CCCO1. The van der Waals surface area contributed by atoms with Crippen LogP contribution in [0.25, 0.3) is 5.69 Å². The lowest BCUT2D eigenvalue weighted by Crippen LogP contribution is -2.43. The number of ether oxygens (including phenoxy) is 3. The Bertz CT molecular complexity index is 1210. The number of rotatable bonds is 10. The molecule has 0 bridgehead atoms. The molecule has 37 heavy (non-hydrogen) atoms. The second-order valence-corrected chi connectivity index (χ2v) is 8.72. The third-order valence-corrected chi connectivity index (χ3v) is 6.18. The van der Waals surface area contributed by atoms with Crippen molar-refractivity contribution in [1.82, 2.24) is 20.0 Å². The summed E-state index contributed by atoms with van der Waals surface area (Å²) < 4.78 is 46.9. The number of methoxy groups -OCH3 is 1. The van der Waals surface area contributed by atoms with Gasteiger partial charge in [0.15, 0.2) is 11.6 Å². The molecule has 2 heterocycles. The highest BCUT2D eigenvalue weighted by molar-refractivity contribution is 5.74. The molecule has 198 valence electrons. The molecule has 3 aromatic rings. The third-order valence-electron chi connectivity index (χ3n) is 6.18. The highest BCUT2D eigenvalue weighted by Crippen LogP contribution is 2.34. The average molecular weight is 515 g/mol. The zero-order chi connectivity index (χ0) is 26.4. The Kier molecular flexibility index (Phi) is 8.60. The summed E-state index contributed by atoms with van der Waals surface area (Å²) in [5.41, 5.74) is 1.98. The monoisotopic (exact) mass is 514 g/mol. The quantitative estimate of drug-likeness (QED) is 0.401. The topological polar surface area (TPSA) is 77.9 Å². The van der Waals surface area contributed by atoms with Gasteiger partial charge in [0.05, 0.1) is 36.7 Å². The maximum Gasteiger partial charge on any atom is 0.317 e. The Balaban J connectivity index is 1.78. The number of hydrogen-bond donors (Lipinski definition) is 1. The fraction of sp³-hybridized carbons (Fsp3) is 0.407. The molecule has 2 amide bonds. The number of urea groups is 1. The van der Waals surface area contributed by atoms with E-state index in [-0.39, 0.29) is 30.3 Å². The molecule has 0 saturated carbocycles. The first-order chi connectivity index (χ1) is 17.9. The fourth-order valence-electron chi connectivity index (χ4n) is 4.29. The summed E-state index contributed by atoms with van der Waals surface area (Å²) >= 11 is 0. The van der Waals surface area contributed by atoms with Crippen LogP contribution in [0, 0.1) is 11.6 Å². The minimum Gasteiger partial charge on any atom is -0.497 e. The average Bonchev–Trinajstić information content (AvgIpc) is 3.53.